The van der Waals surface area contributed by atoms with Crippen LogP contribution in [-0.4, -0.2) is 51.6 Å². The van der Waals surface area contributed by atoms with Gasteiger partial charge < -0.3 is 10.2 Å². The molecule has 152 valence electrons. The molecule has 10 nitrogen and oxygen atoms in total. The van der Waals surface area contributed by atoms with Gasteiger partial charge in [0.1, 0.15) is 6.61 Å². The zero-order valence-corrected chi connectivity index (χ0v) is 17.2. The van der Waals surface area contributed by atoms with Crippen LogP contribution in [0.2, 0.25) is 0 Å². The maximum atomic E-state index is 12.4. The highest BCUT2D eigenvalue weighted by atomic mass is 32.2. The number of nitrogens with zero attached hydrogens (tertiary/aromatic N) is 1. The zero-order valence-electron chi connectivity index (χ0n) is 15.5. The summed E-state index contributed by atoms with van der Waals surface area (Å²) in [5.41, 5.74) is -0.448. The average molecular weight is 414 g/mol. The van der Waals surface area contributed by atoms with Crippen LogP contribution in [0.25, 0.3) is 0 Å². The molecule has 0 saturated heterocycles. The molecule has 3 N–H and O–H groups in total. The maximum Gasteiger partial charge on any atom is 0.294 e. The Balaban J connectivity index is 4.76. The molecule has 2 unspecified atom stereocenters. The summed E-state index contributed by atoms with van der Waals surface area (Å²) in [6.45, 7) is 7.72. The summed E-state index contributed by atoms with van der Waals surface area (Å²) in [7, 11) is 0. The first-order chi connectivity index (χ1) is 11.8. The summed E-state index contributed by atoms with van der Waals surface area (Å²) < 4.78 is 0. The highest BCUT2D eigenvalue weighted by molar-refractivity contribution is 8.13. The van der Waals surface area contributed by atoms with Crippen LogP contribution < -0.4 is 11.0 Å². The molecule has 0 saturated carbocycles. The average Bonchev–Trinajstić information content (AvgIpc) is 2.53. The summed E-state index contributed by atoms with van der Waals surface area (Å²) in [5, 5.41) is 20.1. The van der Waals surface area contributed by atoms with E-state index in [-0.39, 0.29) is 35.2 Å². The van der Waals surface area contributed by atoms with Gasteiger partial charge in [-0.15, -0.1) is 10.1 Å². The van der Waals surface area contributed by atoms with Crippen molar-refractivity contribution >= 4 is 35.4 Å². The molecule has 0 radical (unpaired) electrons. The minimum Gasteiger partial charge on any atom is -0.351 e. The molecular weight excluding hydrogens is 386 g/mol. The third kappa shape index (κ3) is 9.03. The van der Waals surface area contributed by atoms with Gasteiger partial charge in [-0.1, -0.05) is 38.2 Å². The number of hydrogen-bond acceptors (Lipinski definition) is 10. The molecule has 0 rings (SSSR count). The van der Waals surface area contributed by atoms with E-state index in [0.29, 0.717) is 0 Å². The van der Waals surface area contributed by atoms with Gasteiger partial charge in [0.2, 0.25) is 5.91 Å². The Kier molecular flexibility index (Phi) is 10.5. The molecule has 0 spiro atoms. The maximum absolute atomic E-state index is 12.4. The lowest BCUT2D eigenvalue weighted by Crippen LogP contribution is -2.49. The molecule has 1 amide bonds. The Bertz CT molecular complexity index is 501. The van der Waals surface area contributed by atoms with Crippen molar-refractivity contribution < 1.29 is 29.6 Å². The van der Waals surface area contributed by atoms with E-state index in [2.05, 4.69) is 27.6 Å². The van der Waals surface area contributed by atoms with Gasteiger partial charge in [0.15, 0.2) is 5.12 Å². The molecule has 0 aliphatic carbocycles. The summed E-state index contributed by atoms with van der Waals surface area (Å²) in [5.74, 6) is -0.0885. The van der Waals surface area contributed by atoms with Crippen molar-refractivity contribution in [1.29, 1.82) is 0 Å². The van der Waals surface area contributed by atoms with Crippen molar-refractivity contribution in [1.82, 2.24) is 11.0 Å². The summed E-state index contributed by atoms with van der Waals surface area (Å²) in [6.07, 6.45) is 0. The number of rotatable bonds is 12. The predicted octanol–water partition coefficient (Wildman–Crippen LogP) is 1.22. The second kappa shape index (κ2) is 10.9. The number of nitrogens with one attached hydrogen (secondary N) is 2. The summed E-state index contributed by atoms with van der Waals surface area (Å²) in [6, 6.07) is -0.423. The van der Waals surface area contributed by atoms with E-state index in [1.807, 2.05) is 0 Å². The molecule has 0 aliphatic heterocycles. The van der Waals surface area contributed by atoms with Gasteiger partial charge in [0.05, 0.1) is 17.4 Å². The first-order valence-electron chi connectivity index (χ1n) is 7.78. The van der Waals surface area contributed by atoms with Gasteiger partial charge in [-0.05, 0) is 13.8 Å². The van der Waals surface area contributed by atoms with Gasteiger partial charge in [0, 0.05) is 17.0 Å². The summed E-state index contributed by atoms with van der Waals surface area (Å²) >= 11 is 5.29. The van der Waals surface area contributed by atoms with Gasteiger partial charge >= 0.3 is 0 Å². The number of hydrogen-bond donors (Lipinski definition) is 4. The van der Waals surface area contributed by atoms with Crippen LogP contribution in [0.5, 0.6) is 0 Å². The minimum absolute atomic E-state index is 0.0691. The molecule has 0 heterocycles. The molecule has 0 bridgehead atoms. The van der Waals surface area contributed by atoms with Crippen LogP contribution >= 0.6 is 24.4 Å². The second-order valence-electron chi connectivity index (χ2n) is 7.06. The van der Waals surface area contributed by atoms with Crippen molar-refractivity contribution in [2.75, 3.05) is 19.0 Å². The number of carbonyl (C=O) groups excluding carboxylic acids is 2. The summed E-state index contributed by atoms with van der Waals surface area (Å²) in [4.78, 5) is 43.9. The van der Waals surface area contributed by atoms with Gasteiger partial charge in [-0.3, -0.25) is 19.6 Å². The van der Waals surface area contributed by atoms with Crippen molar-refractivity contribution in [3.05, 3.63) is 10.1 Å². The third-order valence-electron chi connectivity index (χ3n) is 3.49. The van der Waals surface area contributed by atoms with E-state index in [4.69, 9.17) is 5.21 Å². The lowest BCUT2D eigenvalue weighted by Gasteiger charge is -2.29. The number of thioether (sulfide) groups is 1. The predicted molar refractivity (Wildman–Crippen MR) is 99.2 cm³/mol. The first-order valence-corrected chi connectivity index (χ1v) is 9.28. The van der Waals surface area contributed by atoms with E-state index < -0.39 is 22.0 Å². The fourth-order valence-electron chi connectivity index (χ4n) is 1.58. The molecule has 12 heteroatoms. The normalized spacial score (nSPS) is 14.4. The SMILES string of the molecule is CC(S)C(CSC(=O)C(C)(C)CO[N+](=O)[O-])NC(=O)C(C)(C)CONO. The Morgan fingerprint density at radius 3 is 2.31 bits per heavy atom. The van der Waals surface area contributed by atoms with Crippen LogP contribution in [0.15, 0.2) is 0 Å². The van der Waals surface area contributed by atoms with Crippen molar-refractivity contribution in [2.45, 2.75) is 45.9 Å². The molecule has 26 heavy (non-hydrogen) atoms. The van der Waals surface area contributed by atoms with Crippen LogP contribution in [0.3, 0.4) is 0 Å². The topological polar surface area (TPSA) is 140 Å². The smallest absolute Gasteiger partial charge is 0.294 e. The van der Waals surface area contributed by atoms with Gasteiger partial charge in [-0.25, -0.2) is 0 Å². The number of thiol groups is 1. The number of carbonyl (C=O) groups is 2. The van der Waals surface area contributed by atoms with Crippen molar-refractivity contribution in [3.63, 3.8) is 0 Å². The standard InChI is InChI=1S/C14H27N3O7S2/c1-9(25)10(15-11(18)13(2,3)7-23-16-20)6-26-12(19)14(4,5)8-24-17(21)22/h9-10,16,20,25H,6-8H2,1-5H3,(H,15,18). The van der Waals surface area contributed by atoms with Gasteiger partial charge in [-0.2, -0.15) is 12.6 Å². The van der Waals surface area contributed by atoms with Crippen LogP contribution in [0.1, 0.15) is 34.6 Å². The van der Waals surface area contributed by atoms with Crippen molar-refractivity contribution in [3.8, 4) is 0 Å². The molecular formula is C14H27N3O7S2. The lowest BCUT2D eigenvalue weighted by atomic mass is 9.93. The molecule has 0 aromatic heterocycles. The molecule has 0 fully saturated rings. The van der Waals surface area contributed by atoms with Crippen LogP contribution in [0, 0.1) is 20.9 Å². The second-order valence-corrected chi connectivity index (χ2v) is 8.87. The monoisotopic (exact) mass is 413 g/mol. The lowest BCUT2D eigenvalue weighted by molar-refractivity contribution is -0.760. The molecule has 0 aromatic carbocycles. The van der Waals surface area contributed by atoms with Crippen molar-refractivity contribution in [2.24, 2.45) is 10.8 Å². The molecule has 0 aromatic rings. The van der Waals surface area contributed by atoms with Gasteiger partial charge in [0.25, 0.3) is 5.09 Å². The van der Waals surface area contributed by atoms with Crippen LogP contribution in [0.4, 0.5) is 0 Å². The minimum atomic E-state index is -1.05. The van der Waals surface area contributed by atoms with E-state index in [1.165, 1.54) is 5.64 Å². The molecule has 0 aliphatic rings. The highest BCUT2D eigenvalue weighted by Crippen LogP contribution is 2.26. The Labute approximate surface area is 162 Å². The fourth-order valence-corrected chi connectivity index (χ4v) is 3.05. The number of amides is 1. The Hall–Kier alpha value is -1.08. The Morgan fingerprint density at radius 2 is 1.85 bits per heavy atom. The van der Waals surface area contributed by atoms with E-state index in [1.54, 1.807) is 34.6 Å². The Morgan fingerprint density at radius 1 is 1.27 bits per heavy atom. The van der Waals surface area contributed by atoms with Crippen LogP contribution in [-0.2, 0) is 19.3 Å². The highest BCUT2D eigenvalue weighted by Gasteiger charge is 2.33. The fraction of sp³-hybridized carbons (Fsp3) is 0.857. The third-order valence-corrected chi connectivity index (χ3v) is 5.19. The zero-order chi connectivity index (χ0) is 20.5. The van der Waals surface area contributed by atoms with E-state index in [9.17, 15) is 19.7 Å². The first kappa shape index (κ1) is 24.9. The quantitative estimate of drug-likeness (QED) is 0.211. The largest absolute Gasteiger partial charge is 0.351 e. The van der Waals surface area contributed by atoms with E-state index >= 15 is 0 Å². The molecule has 2 atom stereocenters. The van der Waals surface area contributed by atoms with E-state index in [0.717, 1.165) is 11.8 Å².